The number of aliphatic hydroxyl groups excluding tert-OH is 1. The zero-order valence-electron chi connectivity index (χ0n) is 10.3. The lowest BCUT2D eigenvalue weighted by molar-refractivity contribution is 0.0245. The van der Waals surface area contributed by atoms with Crippen molar-refractivity contribution in [2.24, 2.45) is 11.8 Å². The number of pyridine rings is 1. The van der Waals surface area contributed by atoms with Crippen LogP contribution in [0.4, 0.5) is 5.69 Å². The molecule has 0 bridgehead atoms. The van der Waals surface area contributed by atoms with Crippen LogP contribution >= 0.6 is 0 Å². The molecule has 6 nitrogen and oxygen atoms in total. The number of nitrogens with one attached hydrogen (secondary N) is 1. The summed E-state index contributed by atoms with van der Waals surface area (Å²) in [5.74, 6) is 5.36. The Balaban J connectivity index is 2.11. The fraction of sp³-hybridized carbons (Fsp3) is 0.500. The summed E-state index contributed by atoms with van der Waals surface area (Å²) in [5.41, 5.74) is 3.46. The van der Waals surface area contributed by atoms with Gasteiger partial charge in [-0.05, 0) is 24.5 Å². The van der Waals surface area contributed by atoms with Gasteiger partial charge in [0.2, 0.25) is 0 Å². The van der Waals surface area contributed by atoms with Gasteiger partial charge in [-0.2, -0.15) is 0 Å². The average Bonchev–Trinajstić information content (AvgIpc) is 2.41. The number of amides is 1. The molecule has 0 spiro atoms. The van der Waals surface area contributed by atoms with Crippen molar-refractivity contribution in [3.63, 3.8) is 0 Å². The summed E-state index contributed by atoms with van der Waals surface area (Å²) in [6, 6.07) is 3.29. The van der Waals surface area contributed by atoms with Crippen LogP contribution in [-0.4, -0.2) is 40.1 Å². The van der Waals surface area contributed by atoms with Gasteiger partial charge in [0.15, 0.2) is 0 Å². The number of aromatic nitrogens is 1. The summed E-state index contributed by atoms with van der Waals surface area (Å²) in [6.45, 7) is 3.00. The van der Waals surface area contributed by atoms with Gasteiger partial charge < -0.3 is 15.4 Å². The predicted molar refractivity (Wildman–Crippen MR) is 67.7 cm³/mol. The normalized spacial score (nSPS) is 23.8. The van der Waals surface area contributed by atoms with E-state index in [4.69, 9.17) is 5.84 Å². The number of anilines is 1. The molecule has 0 radical (unpaired) electrons. The van der Waals surface area contributed by atoms with E-state index in [-0.39, 0.29) is 11.8 Å². The Labute approximate surface area is 106 Å². The number of carbonyl (C=O) groups is 1. The summed E-state index contributed by atoms with van der Waals surface area (Å²) >= 11 is 0. The summed E-state index contributed by atoms with van der Waals surface area (Å²) in [4.78, 5) is 17.9. The first-order valence-corrected chi connectivity index (χ1v) is 6.02. The molecule has 2 rings (SSSR count). The topological polar surface area (TPSA) is 91.5 Å². The lowest BCUT2D eigenvalue weighted by atomic mass is 9.96. The minimum absolute atomic E-state index is 0.168. The zero-order chi connectivity index (χ0) is 13.1. The largest absolute Gasteiger partial charge is 0.391 e. The third-order valence-electron chi connectivity index (χ3n) is 3.35. The fourth-order valence-electron chi connectivity index (χ4n) is 2.03. The Morgan fingerprint density at radius 3 is 3.11 bits per heavy atom. The van der Waals surface area contributed by atoms with Crippen molar-refractivity contribution in [1.29, 1.82) is 0 Å². The molecule has 18 heavy (non-hydrogen) atoms. The highest BCUT2D eigenvalue weighted by atomic mass is 16.3. The molecular weight excluding hydrogens is 232 g/mol. The van der Waals surface area contributed by atoms with E-state index in [1.807, 2.05) is 6.92 Å². The van der Waals surface area contributed by atoms with Crippen molar-refractivity contribution in [1.82, 2.24) is 9.88 Å². The molecule has 1 fully saturated rings. The van der Waals surface area contributed by atoms with E-state index in [0.717, 1.165) is 6.42 Å². The standard InChI is InChI=1S/C12H18N4O2/c1-8-3-5-16(7-11(8)17)12(18)10-6-9(15-13)2-4-14-10/h2,4,6,8,11,17H,3,5,7,13H2,1H3,(H,14,15). The molecule has 1 saturated heterocycles. The van der Waals surface area contributed by atoms with Gasteiger partial charge in [-0.15, -0.1) is 0 Å². The molecule has 2 heterocycles. The Morgan fingerprint density at radius 1 is 1.67 bits per heavy atom. The molecule has 2 atom stereocenters. The maximum atomic E-state index is 12.2. The maximum absolute atomic E-state index is 12.2. The molecule has 2 unspecified atom stereocenters. The molecule has 0 saturated carbocycles. The fourth-order valence-corrected chi connectivity index (χ4v) is 2.03. The molecule has 0 aliphatic carbocycles. The predicted octanol–water partition coefficient (Wildman–Crippen LogP) is 0.210. The van der Waals surface area contributed by atoms with Gasteiger partial charge in [0.1, 0.15) is 5.69 Å². The Kier molecular flexibility index (Phi) is 3.78. The van der Waals surface area contributed by atoms with Gasteiger partial charge in [0.05, 0.1) is 11.8 Å². The monoisotopic (exact) mass is 250 g/mol. The van der Waals surface area contributed by atoms with Gasteiger partial charge in [-0.3, -0.25) is 15.6 Å². The van der Waals surface area contributed by atoms with Crippen LogP contribution in [0.3, 0.4) is 0 Å². The van der Waals surface area contributed by atoms with Crippen LogP contribution in [0.15, 0.2) is 18.3 Å². The third kappa shape index (κ3) is 2.60. The van der Waals surface area contributed by atoms with E-state index in [1.54, 1.807) is 17.0 Å². The zero-order valence-corrected chi connectivity index (χ0v) is 10.3. The first kappa shape index (κ1) is 12.8. The lowest BCUT2D eigenvalue weighted by Gasteiger charge is -2.34. The van der Waals surface area contributed by atoms with Gasteiger partial charge in [0.25, 0.3) is 5.91 Å². The van der Waals surface area contributed by atoms with E-state index >= 15 is 0 Å². The minimum Gasteiger partial charge on any atom is -0.391 e. The summed E-state index contributed by atoms with van der Waals surface area (Å²) in [6.07, 6.45) is 1.88. The third-order valence-corrected chi connectivity index (χ3v) is 3.35. The molecule has 1 aliphatic rings. The van der Waals surface area contributed by atoms with E-state index in [1.165, 1.54) is 6.20 Å². The van der Waals surface area contributed by atoms with Gasteiger partial charge in [-0.1, -0.05) is 6.92 Å². The molecule has 1 aromatic heterocycles. The molecule has 0 aromatic carbocycles. The number of hydrazine groups is 1. The highest BCUT2D eigenvalue weighted by Gasteiger charge is 2.28. The van der Waals surface area contributed by atoms with Crippen molar-refractivity contribution in [2.45, 2.75) is 19.4 Å². The molecular formula is C12H18N4O2. The minimum atomic E-state index is -0.460. The van der Waals surface area contributed by atoms with Crippen LogP contribution < -0.4 is 11.3 Å². The Bertz CT molecular complexity index is 438. The highest BCUT2D eigenvalue weighted by Crippen LogP contribution is 2.19. The van der Waals surface area contributed by atoms with Crippen molar-refractivity contribution >= 4 is 11.6 Å². The maximum Gasteiger partial charge on any atom is 0.272 e. The van der Waals surface area contributed by atoms with Gasteiger partial charge >= 0.3 is 0 Å². The van der Waals surface area contributed by atoms with Gasteiger partial charge in [-0.25, -0.2) is 0 Å². The van der Waals surface area contributed by atoms with E-state index < -0.39 is 6.10 Å². The van der Waals surface area contributed by atoms with E-state index in [0.29, 0.717) is 24.5 Å². The summed E-state index contributed by atoms with van der Waals surface area (Å²) < 4.78 is 0. The number of carbonyl (C=O) groups excluding carboxylic acids is 1. The number of aliphatic hydroxyl groups is 1. The number of likely N-dealkylation sites (tertiary alicyclic amines) is 1. The second-order valence-corrected chi connectivity index (χ2v) is 4.66. The Morgan fingerprint density at radius 2 is 2.44 bits per heavy atom. The van der Waals surface area contributed by atoms with Crippen LogP contribution in [0.25, 0.3) is 0 Å². The van der Waals surface area contributed by atoms with E-state index in [9.17, 15) is 9.90 Å². The second-order valence-electron chi connectivity index (χ2n) is 4.66. The molecule has 1 aromatic rings. The first-order valence-electron chi connectivity index (χ1n) is 6.02. The van der Waals surface area contributed by atoms with Crippen LogP contribution in [-0.2, 0) is 0 Å². The highest BCUT2D eigenvalue weighted by molar-refractivity contribution is 5.93. The van der Waals surface area contributed by atoms with Crippen molar-refractivity contribution < 1.29 is 9.90 Å². The Hall–Kier alpha value is -1.66. The summed E-state index contributed by atoms with van der Waals surface area (Å²) in [7, 11) is 0. The van der Waals surface area contributed by atoms with Crippen molar-refractivity contribution in [3.8, 4) is 0 Å². The smallest absolute Gasteiger partial charge is 0.272 e. The quantitative estimate of drug-likeness (QED) is 0.515. The lowest BCUT2D eigenvalue weighted by Crippen LogP contribution is -2.46. The van der Waals surface area contributed by atoms with Crippen LogP contribution in [0.1, 0.15) is 23.8 Å². The van der Waals surface area contributed by atoms with Crippen LogP contribution in [0, 0.1) is 5.92 Å². The number of hydrogen-bond acceptors (Lipinski definition) is 5. The number of nitrogens with two attached hydrogens (primary N) is 1. The molecule has 98 valence electrons. The second kappa shape index (κ2) is 5.32. The number of nitrogens with zero attached hydrogens (tertiary/aromatic N) is 2. The first-order chi connectivity index (χ1) is 8.61. The number of β-amino-alcohol motifs (C(OH)–C–C–N with tert-alkyl or cyclic N) is 1. The number of piperidine rings is 1. The van der Waals surface area contributed by atoms with E-state index in [2.05, 4.69) is 10.4 Å². The summed E-state index contributed by atoms with van der Waals surface area (Å²) in [5, 5.41) is 9.80. The van der Waals surface area contributed by atoms with Crippen LogP contribution in [0.2, 0.25) is 0 Å². The molecule has 4 N–H and O–H groups in total. The van der Waals surface area contributed by atoms with Crippen LogP contribution in [0.5, 0.6) is 0 Å². The SMILES string of the molecule is CC1CCN(C(=O)c2cc(NN)ccn2)CC1O. The number of nitrogen functional groups attached to an aromatic ring is 1. The number of rotatable bonds is 2. The molecule has 1 amide bonds. The van der Waals surface area contributed by atoms with Crippen molar-refractivity contribution in [3.05, 3.63) is 24.0 Å². The van der Waals surface area contributed by atoms with Crippen molar-refractivity contribution in [2.75, 3.05) is 18.5 Å². The van der Waals surface area contributed by atoms with Gasteiger partial charge in [0, 0.05) is 19.3 Å². The average molecular weight is 250 g/mol. The molecule has 1 aliphatic heterocycles. The molecule has 6 heteroatoms. The number of hydrogen-bond donors (Lipinski definition) is 3.